The summed E-state index contributed by atoms with van der Waals surface area (Å²) in [4.78, 5) is 24.9. The third-order valence-electron chi connectivity index (χ3n) is 2.71. The molecule has 0 atom stereocenters. The fourth-order valence-electron chi connectivity index (χ4n) is 1.65. The summed E-state index contributed by atoms with van der Waals surface area (Å²) in [5.74, 6) is 0.0406. The van der Waals surface area contributed by atoms with Crippen LogP contribution in [0.3, 0.4) is 0 Å². The number of nitrogen functional groups attached to an aromatic ring is 1. The van der Waals surface area contributed by atoms with Crippen LogP contribution >= 0.6 is 0 Å². The summed E-state index contributed by atoms with van der Waals surface area (Å²) in [6, 6.07) is 6.97. The number of hydrogen-bond donors (Lipinski definition) is 2. The van der Waals surface area contributed by atoms with Crippen molar-refractivity contribution >= 4 is 17.5 Å². The molecule has 20 heavy (non-hydrogen) atoms. The molecule has 1 aromatic carbocycles. The highest BCUT2D eigenvalue weighted by molar-refractivity contribution is 5.85. The Kier molecular flexibility index (Phi) is 6.36. The molecule has 6 nitrogen and oxygen atoms in total. The average Bonchev–Trinajstić information content (AvgIpc) is 2.44. The van der Waals surface area contributed by atoms with Gasteiger partial charge >= 0.3 is 0 Å². The standard InChI is InChI=1S/C14H21N3O3/c1-3-16-13(18)9-17(4-2)14(19)10-20-12-8-6-5-7-11(12)15/h5-8H,3-4,9-10,15H2,1-2H3,(H,16,18). The predicted molar refractivity (Wildman–Crippen MR) is 77.3 cm³/mol. The predicted octanol–water partition coefficient (Wildman–Crippen LogP) is 0.632. The molecule has 0 saturated heterocycles. The third kappa shape index (κ3) is 4.79. The second kappa shape index (κ2) is 8.04. The van der Waals surface area contributed by atoms with E-state index in [-0.39, 0.29) is 25.0 Å². The number of likely N-dealkylation sites (N-methyl/N-ethyl adjacent to an activating group) is 2. The number of benzene rings is 1. The molecule has 0 fully saturated rings. The van der Waals surface area contributed by atoms with Crippen LogP contribution in [0.1, 0.15) is 13.8 Å². The number of carbonyl (C=O) groups excluding carboxylic acids is 2. The van der Waals surface area contributed by atoms with Crippen LogP contribution in [0.25, 0.3) is 0 Å². The molecule has 1 rings (SSSR count). The fraction of sp³-hybridized carbons (Fsp3) is 0.429. The van der Waals surface area contributed by atoms with Crippen LogP contribution < -0.4 is 15.8 Å². The molecule has 110 valence electrons. The number of carbonyl (C=O) groups is 2. The number of nitrogens with two attached hydrogens (primary N) is 1. The zero-order valence-corrected chi connectivity index (χ0v) is 11.9. The minimum Gasteiger partial charge on any atom is -0.482 e. The second-order valence-electron chi connectivity index (χ2n) is 4.19. The van der Waals surface area contributed by atoms with Gasteiger partial charge in [-0.3, -0.25) is 9.59 Å². The molecular formula is C14H21N3O3. The van der Waals surface area contributed by atoms with Gasteiger partial charge in [-0.05, 0) is 26.0 Å². The van der Waals surface area contributed by atoms with Gasteiger partial charge in [0.1, 0.15) is 5.75 Å². The van der Waals surface area contributed by atoms with Crippen LogP contribution in [-0.2, 0) is 9.59 Å². The first-order chi connectivity index (χ1) is 9.58. The third-order valence-corrected chi connectivity index (χ3v) is 2.71. The molecule has 0 aliphatic heterocycles. The SMILES string of the molecule is CCNC(=O)CN(CC)C(=O)COc1ccccc1N. The first-order valence-corrected chi connectivity index (χ1v) is 6.60. The minimum absolute atomic E-state index is 0.0385. The zero-order valence-electron chi connectivity index (χ0n) is 11.9. The highest BCUT2D eigenvalue weighted by Crippen LogP contribution is 2.19. The van der Waals surface area contributed by atoms with Crippen molar-refractivity contribution in [1.29, 1.82) is 0 Å². The largest absolute Gasteiger partial charge is 0.482 e. The zero-order chi connectivity index (χ0) is 15.0. The van der Waals surface area contributed by atoms with E-state index in [4.69, 9.17) is 10.5 Å². The van der Waals surface area contributed by atoms with E-state index >= 15 is 0 Å². The second-order valence-corrected chi connectivity index (χ2v) is 4.19. The summed E-state index contributed by atoms with van der Waals surface area (Å²) in [7, 11) is 0. The summed E-state index contributed by atoms with van der Waals surface area (Å²) in [6.45, 7) is 4.54. The van der Waals surface area contributed by atoms with Crippen molar-refractivity contribution in [3.05, 3.63) is 24.3 Å². The van der Waals surface area contributed by atoms with E-state index in [1.54, 1.807) is 24.3 Å². The average molecular weight is 279 g/mol. The van der Waals surface area contributed by atoms with Gasteiger partial charge in [0.15, 0.2) is 6.61 Å². The van der Waals surface area contributed by atoms with Gasteiger partial charge in [-0.15, -0.1) is 0 Å². The molecule has 0 aliphatic rings. The van der Waals surface area contributed by atoms with Crippen LogP contribution in [0.4, 0.5) is 5.69 Å². The minimum atomic E-state index is -0.248. The molecule has 0 heterocycles. The van der Waals surface area contributed by atoms with E-state index in [2.05, 4.69) is 5.32 Å². The van der Waals surface area contributed by atoms with E-state index in [0.717, 1.165) is 0 Å². The van der Waals surface area contributed by atoms with Gasteiger partial charge in [0.2, 0.25) is 5.91 Å². The Labute approximate surface area is 118 Å². The Bertz CT molecular complexity index is 463. The molecule has 0 saturated carbocycles. The quantitative estimate of drug-likeness (QED) is 0.717. The lowest BCUT2D eigenvalue weighted by Crippen LogP contribution is -2.42. The fourth-order valence-corrected chi connectivity index (χ4v) is 1.65. The van der Waals surface area contributed by atoms with Crippen molar-refractivity contribution in [2.24, 2.45) is 0 Å². The summed E-state index contributed by atoms with van der Waals surface area (Å²) < 4.78 is 5.37. The van der Waals surface area contributed by atoms with Crippen LogP contribution in [0.15, 0.2) is 24.3 Å². The number of anilines is 1. The molecule has 0 radical (unpaired) electrons. The number of nitrogens with zero attached hydrogens (tertiary/aromatic N) is 1. The number of ether oxygens (including phenoxy) is 1. The lowest BCUT2D eigenvalue weighted by molar-refractivity contribution is -0.137. The molecule has 6 heteroatoms. The van der Waals surface area contributed by atoms with Gasteiger partial charge in [0, 0.05) is 13.1 Å². The number of amides is 2. The van der Waals surface area contributed by atoms with Crippen molar-refractivity contribution in [1.82, 2.24) is 10.2 Å². The monoisotopic (exact) mass is 279 g/mol. The first kappa shape index (κ1) is 15.8. The van der Waals surface area contributed by atoms with Crippen molar-refractivity contribution in [3.63, 3.8) is 0 Å². The molecule has 3 N–H and O–H groups in total. The van der Waals surface area contributed by atoms with E-state index < -0.39 is 0 Å². The topological polar surface area (TPSA) is 84.7 Å². The Morgan fingerprint density at radius 1 is 1.30 bits per heavy atom. The maximum atomic E-state index is 12.0. The Hall–Kier alpha value is -2.24. The van der Waals surface area contributed by atoms with E-state index in [1.165, 1.54) is 4.90 Å². The Morgan fingerprint density at radius 3 is 2.60 bits per heavy atom. The van der Waals surface area contributed by atoms with Gasteiger partial charge in [-0.1, -0.05) is 12.1 Å². The van der Waals surface area contributed by atoms with Gasteiger partial charge in [-0.2, -0.15) is 0 Å². The molecule has 0 aliphatic carbocycles. The molecule has 1 aromatic rings. The van der Waals surface area contributed by atoms with Gasteiger partial charge < -0.3 is 20.7 Å². The highest BCUT2D eigenvalue weighted by atomic mass is 16.5. The maximum Gasteiger partial charge on any atom is 0.260 e. The smallest absolute Gasteiger partial charge is 0.260 e. The summed E-state index contributed by atoms with van der Waals surface area (Å²) in [5, 5.41) is 2.65. The molecule has 0 spiro atoms. The summed E-state index contributed by atoms with van der Waals surface area (Å²) in [6.07, 6.45) is 0. The Morgan fingerprint density at radius 2 is 2.00 bits per heavy atom. The lowest BCUT2D eigenvalue weighted by Gasteiger charge is -2.20. The van der Waals surface area contributed by atoms with Gasteiger partial charge in [-0.25, -0.2) is 0 Å². The van der Waals surface area contributed by atoms with Crippen molar-refractivity contribution in [3.8, 4) is 5.75 Å². The Balaban J connectivity index is 2.51. The van der Waals surface area contributed by atoms with Crippen LogP contribution in [0, 0.1) is 0 Å². The van der Waals surface area contributed by atoms with Crippen LogP contribution in [0.5, 0.6) is 5.75 Å². The van der Waals surface area contributed by atoms with Gasteiger partial charge in [0.25, 0.3) is 5.91 Å². The van der Waals surface area contributed by atoms with Gasteiger partial charge in [0.05, 0.1) is 12.2 Å². The molecule has 2 amide bonds. The maximum absolute atomic E-state index is 12.0. The number of para-hydroxylation sites is 2. The summed E-state index contributed by atoms with van der Waals surface area (Å²) in [5.41, 5.74) is 6.20. The van der Waals surface area contributed by atoms with E-state index in [9.17, 15) is 9.59 Å². The normalized spacial score (nSPS) is 9.90. The summed E-state index contributed by atoms with van der Waals surface area (Å²) >= 11 is 0. The molecule has 0 unspecified atom stereocenters. The number of hydrogen-bond acceptors (Lipinski definition) is 4. The number of nitrogens with one attached hydrogen (secondary N) is 1. The molecule has 0 bridgehead atoms. The molecule has 0 aromatic heterocycles. The highest BCUT2D eigenvalue weighted by Gasteiger charge is 2.16. The first-order valence-electron chi connectivity index (χ1n) is 6.60. The number of rotatable bonds is 7. The van der Waals surface area contributed by atoms with Crippen molar-refractivity contribution < 1.29 is 14.3 Å². The lowest BCUT2D eigenvalue weighted by atomic mass is 10.3. The van der Waals surface area contributed by atoms with Crippen LogP contribution in [-0.4, -0.2) is 43.0 Å². The van der Waals surface area contributed by atoms with E-state index in [1.807, 2.05) is 13.8 Å². The van der Waals surface area contributed by atoms with Crippen LogP contribution in [0.2, 0.25) is 0 Å². The van der Waals surface area contributed by atoms with Crippen molar-refractivity contribution in [2.75, 3.05) is 32.0 Å². The van der Waals surface area contributed by atoms with Crippen molar-refractivity contribution in [2.45, 2.75) is 13.8 Å². The van der Waals surface area contributed by atoms with E-state index in [0.29, 0.717) is 24.5 Å². The molecular weight excluding hydrogens is 258 g/mol.